The number of nitrogens with zero attached hydrogens (tertiary/aromatic N) is 1. The van der Waals surface area contributed by atoms with Gasteiger partial charge < -0.3 is 15.0 Å². The Kier molecular flexibility index (Phi) is 9.10. The van der Waals surface area contributed by atoms with E-state index in [0.717, 1.165) is 35.2 Å². The molecule has 5 rings (SSSR count). The number of alkyl halides is 7. The Hall–Kier alpha value is -3.76. The zero-order valence-corrected chi connectivity index (χ0v) is 26.1. The molecule has 2 aromatic carbocycles. The van der Waals surface area contributed by atoms with Gasteiger partial charge in [0.1, 0.15) is 17.1 Å². The average Bonchev–Trinajstić information content (AvgIpc) is 3.56. The number of ether oxygens (including phenoxy) is 1. The van der Waals surface area contributed by atoms with Crippen LogP contribution in [0, 0.1) is 17.7 Å². The second-order valence-corrected chi connectivity index (χ2v) is 14.4. The quantitative estimate of drug-likeness (QED) is 0.234. The normalized spacial score (nSPS) is 24.6. The molecule has 0 radical (unpaired) electrons. The van der Waals surface area contributed by atoms with Crippen molar-refractivity contribution >= 4 is 27.6 Å². The Labute approximate surface area is 269 Å². The van der Waals surface area contributed by atoms with Crippen LogP contribution in [0.1, 0.15) is 49.3 Å². The number of nitrogens with one attached hydrogen (secondary N) is 1. The molecule has 0 spiro atoms. The molecule has 0 unspecified atom stereocenters. The highest BCUT2D eigenvalue weighted by Crippen LogP contribution is 2.59. The first-order valence-electron chi connectivity index (χ1n) is 15.0. The highest BCUT2D eigenvalue weighted by molar-refractivity contribution is 7.92. The Morgan fingerprint density at radius 2 is 1.65 bits per heavy atom. The number of carbonyl (C=O) groups excluding carboxylic acids is 3. The first kappa shape index (κ1) is 35.5. The summed E-state index contributed by atoms with van der Waals surface area (Å²) in [5.41, 5.74) is -7.88. The number of halogens is 8. The van der Waals surface area contributed by atoms with Crippen molar-refractivity contribution in [3.8, 4) is 0 Å². The van der Waals surface area contributed by atoms with Gasteiger partial charge in [0.15, 0.2) is 9.84 Å². The van der Waals surface area contributed by atoms with E-state index in [-0.39, 0.29) is 73.9 Å². The van der Waals surface area contributed by atoms with Crippen LogP contribution in [0.25, 0.3) is 0 Å². The first-order chi connectivity index (χ1) is 22.3. The van der Waals surface area contributed by atoms with Crippen LogP contribution in [0.2, 0.25) is 0 Å². The predicted molar refractivity (Wildman–Crippen MR) is 151 cm³/mol. The second kappa shape index (κ2) is 12.3. The number of amides is 2. The van der Waals surface area contributed by atoms with Crippen molar-refractivity contribution in [2.75, 3.05) is 19.7 Å². The summed E-state index contributed by atoms with van der Waals surface area (Å²) in [4.78, 5) is 38.5. The molecule has 3 aliphatic rings. The van der Waals surface area contributed by atoms with Gasteiger partial charge in [0.05, 0.1) is 17.4 Å². The van der Waals surface area contributed by atoms with Gasteiger partial charge in [-0.15, -0.1) is 0 Å². The number of aryl methyl sites for hydroxylation is 1. The van der Waals surface area contributed by atoms with Crippen LogP contribution >= 0.6 is 0 Å². The number of rotatable bonds is 8. The molecule has 4 atom stereocenters. The highest BCUT2D eigenvalue weighted by Gasteiger charge is 2.74. The molecule has 262 valence electrons. The van der Waals surface area contributed by atoms with E-state index in [4.69, 9.17) is 4.74 Å². The lowest BCUT2D eigenvalue weighted by atomic mass is 9.74. The molecule has 17 heteroatoms. The minimum atomic E-state index is -6.38. The molecule has 1 heterocycles. The van der Waals surface area contributed by atoms with Gasteiger partial charge in [-0.05, 0) is 68.0 Å². The van der Waals surface area contributed by atoms with Gasteiger partial charge in [0.2, 0.25) is 11.8 Å². The molecule has 1 saturated heterocycles. The van der Waals surface area contributed by atoms with Crippen molar-refractivity contribution < 1.29 is 62.7 Å². The lowest BCUT2D eigenvalue weighted by molar-refractivity contribution is -0.348. The van der Waals surface area contributed by atoms with Crippen LogP contribution in [0.15, 0.2) is 47.4 Å². The first-order valence-corrected chi connectivity index (χ1v) is 16.5. The van der Waals surface area contributed by atoms with Crippen molar-refractivity contribution in [1.29, 1.82) is 0 Å². The molecule has 2 aromatic rings. The van der Waals surface area contributed by atoms with Crippen LogP contribution < -0.4 is 5.32 Å². The number of carbonyl (C=O) groups is 3. The van der Waals surface area contributed by atoms with E-state index < -0.39 is 79.6 Å². The van der Waals surface area contributed by atoms with Crippen molar-refractivity contribution in [2.45, 2.75) is 72.7 Å². The molecule has 2 aliphatic carbocycles. The predicted octanol–water partition coefficient (Wildman–Crippen LogP) is 5.04. The average molecular weight is 711 g/mol. The van der Waals surface area contributed by atoms with Gasteiger partial charge in [-0.25, -0.2) is 17.2 Å². The largest absolute Gasteiger partial charge is 0.465 e. The molecule has 2 fully saturated rings. The highest BCUT2D eigenvalue weighted by atomic mass is 32.2. The second-order valence-electron chi connectivity index (χ2n) is 12.2. The minimum Gasteiger partial charge on any atom is -0.465 e. The number of fused-ring (bicyclic) bond motifs is 3. The van der Waals surface area contributed by atoms with Crippen molar-refractivity contribution in [3.05, 3.63) is 65.0 Å². The summed E-state index contributed by atoms with van der Waals surface area (Å²) >= 11 is 0. The minimum absolute atomic E-state index is 0.00335. The third kappa shape index (κ3) is 5.70. The van der Waals surface area contributed by atoms with E-state index in [1.54, 1.807) is 6.92 Å². The molecule has 0 aromatic heterocycles. The fourth-order valence-corrected chi connectivity index (χ4v) is 9.79. The number of likely N-dealkylation sites (tertiary alicyclic amines) is 1. The van der Waals surface area contributed by atoms with Crippen LogP contribution in [0.3, 0.4) is 0 Å². The number of hydrogen-bond donors (Lipinski definition) is 1. The van der Waals surface area contributed by atoms with Crippen molar-refractivity contribution in [2.24, 2.45) is 11.8 Å². The van der Waals surface area contributed by atoms with E-state index in [0.29, 0.717) is 6.07 Å². The third-order valence-corrected chi connectivity index (χ3v) is 12.1. The monoisotopic (exact) mass is 710 g/mol. The lowest BCUT2D eigenvalue weighted by Crippen LogP contribution is -2.51. The molecule has 1 saturated carbocycles. The lowest BCUT2D eigenvalue weighted by Gasteiger charge is -2.43. The molecule has 1 N–H and O–H groups in total. The standard InChI is InChI=1S/C31H30F8N2O6S/c1-2-47-26(43)16-41-15-18(14-25(41)42)27(44)40-24-11-12-28(48(45,46)21-7-5-20(32)6-8-21)22-10-4-19(13-17(22)3-9-23(24)28)29(33,30(34,35)36)31(37,38)39/h4-8,10,13,18,23-24H,2-3,9,11-12,14-16H2,1H3,(H,40,44)/t18-,23-,24+,28+/m0/s1. The molecule has 8 nitrogen and oxygen atoms in total. The molecule has 0 bridgehead atoms. The molecule has 2 amide bonds. The Morgan fingerprint density at radius 3 is 2.25 bits per heavy atom. The summed E-state index contributed by atoms with van der Waals surface area (Å²) in [6.45, 7) is 1.18. The Balaban J connectivity index is 1.52. The molecule has 1 aliphatic heterocycles. The van der Waals surface area contributed by atoms with E-state index in [9.17, 15) is 53.5 Å². The Morgan fingerprint density at radius 1 is 1.00 bits per heavy atom. The molecular weight excluding hydrogens is 680 g/mol. The maximum Gasteiger partial charge on any atom is 0.435 e. The van der Waals surface area contributed by atoms with E-state index in [2.05, 4.69) is 5.32 Å². The zero-order chi connectivity index (χ0) is 35.4. The summed E-state index contributed by atoms with van der Waals surface area (Å²) in [5.74, 6) is -4.41. The molecular formula is C31H30F8N2O6S. The number of benzene rings is 2. The van der Waals surface area contributed by atoms with Crippen LogP contribution in [0.4, 0.5) is 35.1 Å². The van der Waals surface area contributed by atoms with Gasteiger partial charge >= 0.3 is 24.0 Å². The van der Waals surface area contributed by atoms with Gasteiger partial charge in [0.25, 0.3) is 0 Å². The maximum atomic E-state index is 15.0. The Bertz CT molecular complexity index is 1700. The van der Waals surface area contributed by atoms with Gasteiger partial charge in [-0.3, -0.25) is 14.4 Å². The van der Waals surface area contributed by atoms with E-state index in [1.807, 2.05) is 0 Å². The summed E-state index contributed by atoms with van der Waals surface area (Å²) in [6.07, 6.45) is -13.6. The van der Waals surface area contributed by atoms with Crippen LogP contribution in [-0.2, 0) is 45.8 Å². The van der Waals surface area contributed by atoms with E-state index in [1.165, 1.54) is 0 Å². The van der Waals surface area contributed by atoms with Crippen LogP contribution in [0.5, 0.6) is 0 Å². The maximum absolute atomic E-state index is 15.0. The fourth-order valence-electron chi connectivity index (χ4n) is 7.32. The van der Waals surface area contributed by atoms with Gasteiger partial charge in [-0.2, -0.15) is 26.3 Å². The molecule has 48 heavy (non-hydrogen) atoms. The zero-order valence-electron chi connectivity index (χ0n) is 25.3. The van der Waals surface area contributed by atoms with Gasteiger partial charge in [0, 0.05) is 30.5 Å². The number of sulfone groups is 1. The number of hydrogen-bond acceptors (Lipinski definition) is 6. The van der Waals surface area contributed by atoms with Crippen molar-refractivity contribution in [3.63, 3.8) is 0 Å². The fraction of sp³-hybridized carbons (Fsp3) is 0.516. The summed E-state index contributed by atoms with van der Waals surface area (Å²) in [6, 6.07) is 4.27. The summed E-state index contributed by atoms with van der Waals surface area (Å²) < 4.78 is 142. The topological polar surface area (TPSA) is 110 Å². The van der Waals surface area contributed by atoms with Gasteiger partial charge in [-0.1, -0.05) is 18.2 Å². The van der Waals surface area contributed by atoms with E-state index >= 15 is 4.39 Å². The summed E-state index contributed by atoms with van der Waals surface area (Å²) in [7, 11) is -4.59. The number of esters is 1. The smallest absolute Gasteiger partial charge is 0.435 e. The van der Waals surface area contributed by atoms with Crippen molar-refractivity contribution in [1.82, 2.24) is 10.2 Å². The summed E-state index contributed by atoms with van der Waals surface area (Å²) in [5, 5.41) is 2.79. The van der Waals surface area contributed by atoms with Crippen LogP contribution in [-0.4, -0.2) is 69.2 Å². The third-order valence-electron chi connectivity index (χ3n) is 9.52. The SMILES string of the molecule is CCOC(=O)CN1C[C@@H](C(=O)N[C@@H]2CC[C@@]3(S(=O)(=O)c4ccc(F)cc4)c4ccc(C(F)(C(F)(F)F)C(F)(F)F)cc4CC[C@@H]23)CC1=O.